The topological polar surface area (TPSA) is 73.1 Å². The van der Waals surface area contributed by atoms with Crippen molar-refractivity contribution in [2.45, 2.75) is 13.0 Å². The van der Waals surface area contributed by atoms with Crippen LogP contribution in [0, 0.1) is 11.3 Å². The second-order valence-electron chi connectivity index (χ2n) is 4.74. The summed E-state index contributed by atoms with van der Waals surface area (Å²) in [6, 6.07) is 15.6. The summed E-state index contributed by atoms with van der Waals surface area (Å²) >= 11 is 0. The fourth-order valence-corrected chi connectivity index (χ4v) is 2.01. The minimum absolute atomic E-state index is 0.624. The molecule has 112 valence electrons. The molecule has 0 amide bonds. The Labute approximate surface area is 130 Å². The molecular weight excluding hydrogens is 274 g/mol. The van der Waals surface area contributed by atoms with Crippen LogP contribution in [0.5, 0.6) is 0 Å². The zero-order chi connectivity index (χ0) is 15.6. The summed E-state index contributed by atoms with van der Waals surface area (Å²) in [7, 11) is 1.74. The van der Waals surface area contributed by atoms with E-state index in [9.17, 15) is 0 Å². The quantitative estimate of drug-likeness (QED) is 0.652. The Morgan fingerprint density at radius 2 is 2.14 bits per heavy atom. The van der Waals surface area contributed by atoms with Crippen molar-refractivity contribution in [3.8, 4) is 6.07 Å². The van der Waals surface area contributed by atoms with E-state index in [2.05, 4.69) is 26.7 Å². The smallest absolute Gasteiger partial charge is 0.191 e. The summed E-state index contributed by atoms with van der Waals surface area (Å²) in [5, 5.41) is 15.4. The fraction of sp³-hybridized carbons (Fsp3) is 0.235. The third-order valence-corrected chi connectivity index (χ3v) is 3.14. The van der Waals surface area contributed by atoms with Crippen molar-refractivity contribution < 1.29 is 0 Å². The summed E-state index contributed by atoms with van der Waals surface area (Å²) in [5.41, 5.74) is 2.76. The molecule has 1 aromatic heterocycles. The third kappa shape index (κ3) is 4.91. The Hall–Kier alpha value is -2.87. The van der Waals surface area contributed by atoms with Gasteiger partial charge in [0, 0.05) is 38.4 Å². The maximum absolute atomic E-state index is 8.90. The zero-order valence-electron chi connectivity index (χ0n) is 12.6. The van der Waals surface area contributed by atoms with Crippen molar-refractivity contribution in [2.75, 3.05) is 13.6 Å². The third-order valence-electron chi connectivity index (χ3n) is 3.14. The molecule has 0 aliphatic heterocycles. The Balaban J connectivity index is 1.79. The van der Waals surface area contributed by atoms with Crippen molar-refractivity contribution >= 4 is 5.96 Å². The van der Waals surface area contributed by atoms with Gasteiger partial charge in [0.25, 0.3) is 0 Å². The summed E-state index contributed by atoms with van der Waals surface area (Å²) in [6.45, 7) is 1.38. The molecule has 0 spiro atoms. The van der Waals surface area contributed by atoms with Gasteiger partial charge < -0.3 is 10.6 Å². The maximum atomic E-state index is 8.90. The number of aliphatic imine (C=N–C) groups is 1. The molecule has 0 fully saturated rings. The molecule has 0 radical (unpaired) electrons. The normalized spacial score (nSPS) is 10.8. The van der Waals surface area contributed by atoms with E-state index in [-0.39, 0.29) is 0 Å². The molecule has 1 heterocycles. The number of hydrogen-bond donors (Lipinski definition) is 2. The molecule has 2 aromatic rings. The highest BCUT2D eigenvalue weighted by Gasteiger charge is 2.00. The van der Waals surface area contributed by atoms with Gasteiger partial charge in [-0.2, -0.15) is 5.26 Å². The van der Waals surface area contributed by atoms with Crippen LogP contribution in [0.3, 0.4) is 0 Å². The molecule has 0 atom stereocenters. The Kier molecular flexibility index (Phi) is 5.94. The van der Waals surface area contributed by atoms with Gasteiger partial charge in [0.15, 0.2) is 5.96 Å². The van der Waals surface area contributed by atoms with Crippen LogP contribution in [0.25, 0.3) is 0 Å². The number of hydrogen-bond acceptors (Lipinski definition) is 3. The van der Waals surface area contributed by atoms with Crippen molar-refractivity contribution in [1.29, 1.82) is 5.26 Å². The lowest BCUT2D eigenvalue weighted by molar-refractivity contribution is 0.784. The van der Waals surface area contributed by atoms with Crippen LogP contribution >= 0.6 is 0 Å². The minimum atomic E-state index is 0.624. The van der Waals surface area contributed by atoms with Gasteiger partial charge in [-0.3, -0.25) is 9.98 Å². The summed E-state index contributed by atoms with van der Waals surface area (Å²) in [5.74, 6) is 0.735. The van der Waals surface area contributed by atoms with Crippen molar-refractivity contribution in [3.05, 3.63) is 65.5 Å². The van der Waals surface area contributed by atoms with Gasteiger partial charge in [-0.05, 0) is 29.8 Å². The highest BCUT2D eigenvalue weighted by molar-refractivity contribution is 5.79. The summed E-state index contributed by atoms with van der Waals surface area (Å²) < 4.78 is 0. The van der Waals surface area contributed by atoms with Gasteiger partial charge in [0.1, 0.15) is 0 Å². The molecule has 1 aromatic carbocycles. The van der Waals surface area contributed by atoms with Gasteiger partial charge in [-0.25, -0.2) is 0 Å². The van der Waals surface area contributed by atoms with E-state index in [0.29, 0.717) is 12.1 Å². The van der Waals surface area contributed by atoms with Crippen LogP contribution in [0.1, 0.15) is 16.8 Å². The summed E-state index contributed by atoms with van der Waals surface area (Å²) in [6.07, 6.45) is 2.63. The SMILES string of the molecule is CN=C(NCCc1ccccn1)NCc1cccc(C#N)c1. The maximum Gasteiger partial charge on any atom is 0.191 e. The molecule has 0 bridgehead atoms. The van der Waals surface area contributed by atoms with E-state index in [1.54, 1.807) is 19.3 Å². The number of aromatic nitrogens is 1. The molecule has 22 heavy (non-hydrogen) atoms. The van der Waals surface area contributed by atoms with Gasteiger partial charge in [0.2, 0.25) is 0 Å². The standard InChI is InChI=1S/C17H19N5/c1-19-17(21-10-8-16-7-2-3-9-20-16)22-13-15-6-4-5-14(11-15)12-18/h2-7,9,11H,8,10,13H2,1H3,(H2,19,21,22). The lowest BCUT2D eigenvalue weighted by Gasteiger charge is -2.12. The molecule has 5 heteroatoms. The van der Waals surface area contributed by atoms with Crippen molar-refractivity contribution in [3.63, 3.8) is 0 Å². The van der Waals surface area contributed by atoms with E-state index in [1.807, 2.05) is 36.4 Å². The van der Waals surface area contributed by atoms with Crippen molar-refractivity contribution in [1.82, 2.24) is 15.6 Å². The highest BCUT2D eigenvalue weighted by Crippen LogP contribution is 2.03. The van der Waals surface area contributed by atoms with Gasteiger partial charge >= 0.3 is 0 Å². The fourth-order valence-electron chi connectivity index (χ4n) is 2.01. The van der Waals surface area contributed by atoms with Crippen LogP contribution in [-0.2, 0) is 13.0 Å². The molecule has 0 unspecified atom stereocenters. The van der Waals surface area contributed by atoms with E-state index in [1.165, 1.54) is 0 Å². The molecule has 5 nitrogen and oxygen atoms in total. The Bertz CT molecular complexity index is 658. The lowest BCUT2D eigenvalue weighted by Crippen LogP contribution is -2.37. The number of rotatable bonds is 5. The van der Waals surface area contributed by atoms with Gasteiger partial charge in [0.05, 0.1) is 11.6 Å². The summed E-state index contributed by atoms with van der Waals surface area (Å²) in [4.78, 5) is 8.47. The lowest BCUT2D eigenvalue weighted by atomic mass is 10.1. The number of nitrogens with zero attached hydrogens (tertiary/aromatic N) is 3. The average molecular weight is 293 g/mol. The number of benzene rings is 1. The molecule has 2 rings (SSSR count). The zero-order valence-corrected chi connectivity index (χ0v) is 12.6. The molecule has 0 saturated carbocycles. The van der Waals surface area contributed by atoms with E-state index in [4.69, 9.17) is 5.26 Å². The van der Waals surface area contributed by atoms with E-state index < -0.39 is 0 Å². The van der Waals surface area contributed by atoms with Crippen LogP contribution in [0.4, 0.5) is 0 Å². The first-order valence-electron chi connectivity index (χ1n) is 7.15. The largest absolute Gasteiger partial charge is 0.356 e. The molecule has 0 saturated heterocycles. The number of pyridine rings is 1. The first-order chi connectivity index (χ1) is 10.8. The van der Waals surface area contributed by atoms with Crippen LogP contribution < -0.4 is 10.6 Å². The number of guanidine groups is 1. The van der Waals surface area contributed by atoms with Gasteiger partial charge in [-0.15, -0.1) is 0 Å². The second-order valence-corrected chi connectivity index (χ2v) is 4.74. The van der Waals surface area contributed by atoms with Crippen molar-refractivity contribution in [2.24, 2.45) is 4.99 Å². The predicted molar refractivity (Wildman–Crippen MR) is 87.3 cm³/mol. The molecule has 0 aliphatic rings. The Morgan fingerprint density at radius 3 is 2.86 bits per heavy atom. The molecular formula is C17H19N5. The van der Waals surface area contributed by atoms with Gasteiger partial charge in [-0.1, -0.05) is 18.2 Å². The van der Waals surface area contributed by atoms with Crippen LogP contribution in [0.2, 0.25) is 0 Å². The first kappa shape index (κ1) is 15.5. The number of nitrogens with one attached hydrogen (secondary N) is 2. The highest BCUT2D eigenvalue weighted by atomic mass is 15.2. The number of nitriles is 1. The monoisotopic (exact) mass is 293 g/mol. The molecule has 2 N–H and O–H groups in total. The van der Waals surface area contributed by atoms with Crippen LogP contribution in [-0.4, -0.2) is 24.5 Å². The minimum Gasteiger partial charge on any atom is -0.356 e. The van der Waals surface area contributed by atoms with Crippen LogP contribution in [0.15, 0.2) is 53.7 Å². The molecule has 0 aliphatic carbocycles. The van der Waals surface area contributed by atoms with E-state index in [0.717, 1.165) is 30.2 Å². The second kappa shape index (κ2) is 8.42. The predicted octanol–water partition coefficient (Wildman–Crippen LogP) is 1.86. The average Bonchev–Trinajstić information content (AvgIpc) is 2.59. The van der Waals surface area contributed by atoms with E-state index >= 15 is 0 Å². The first-order valence-corrected chi connectivity index (χ1v) is 7.15. The Morgan fingerprint density at radius 1 is 1.23 bits per heavy atom.